The number of amides is 1. The maximum atomic E-state index is 12.2. The summed E-state index contributed by atoms with van der Waals surface area (Å²) < 4.78 is 10.3. The minimum atomic E-state index is -0.535. The highest BCUT2D eigenvalue weighted by Gasteiger charge is 2.50. The zero-order valence-corrected chi connectivity index (χ0v) is 15.3. The molecule has 140 valence electrons. The summed E-state index contributed by atoms with van der Waals surface area (Å²) in [5, 5.41) is 3.03. The van der Waals surface area contributed by atoms with Gasteiger partial charge in [0.1, 0.15) is 11.3 Å². The van der Waals surface area contributed by atoms with Crippen molar-refractivity contribution in [3.63, 3.8) is 0 Å². The standard InChI is InChI=1S/C21H27NO4/c1-25-18-5-3-2-4-17(18)20(24)26-12-19(23)22-13-21-9-14-6-15(10-21)8-16(7-14)11-21/h2-5,14-16H,6-13H2,1H3,(H,22,23). The molecule has 26 heavy (non-hydrogen) atoms. The number of para-hydroxylation sites is 1. The lowest BCUT2D eigenvalue weighted by Crippen LogP contribution is -2.51. The number of benzene rings is 1. The number of nitrogens with one attached hydrogen (secondary N) is 1. The number of methoxy groups -OCH3 is 1. The monoisotopic (exact) mass is 357 g/mol. The van der Waals surface area contributed by atoms with Crippen LogP contribution in [0.25, 0.3) is 0 Å². The Balaban J connectivity index is 1.28. The zero-order chi connectivity index (χ0) is 18.1. The van der Waals surface area contributed by atoms with Crippen molar-refractivity contribution in [2.24, 2.45) is 23.2 Å². The fourth-order valence-electron chi connectivity index (χ4n) is 5.87. The van der Waals surface area contributed by atoms with Crippen LogP contribution in [0, 0.1) is 23.2 Å². The first-order valence-corrected chi connectivity index (χ1v) is 9.64. The van der Waals surface area contributed by atoms with Crippen molar-refractivity contribution >= 4 is 11.9 Å². The molecule has 0 heterocycles. The normalized spacial score (nSPS) is 31.5. The lowest BCUT2D eigenvalue weighted by molar-refractivity contribution is -0.126. The molecule has 0 atom stereocenters. The van der Waals surface area contributed by atoms with Crippen molar-refractivity contribution in [3.8, 4) is 5.75 Å². The molecular formula is C21H27NO4. The van der Waals surface area contributed by atoms with E-state index in [9.17, 15) is 9.59 Å². The molecule has 1 aromatic rings. The van der Waals surface area contributed by atoms with Crippen LogP contribution in [0.5, 0.6) is 5.75 Å². The minimum Gasteiger partial charge on any atom is -0.496 e. The first-order valence-electron chi connectivity index (χ1n) is 9.64. The number of carbonyl (C=O) groups is 2. The summed E-state index contributed by atoms with van der Waals surface area (Å²) in [6.45, 7) is 0.477. The molecule has 4 bridgehead atoms. The lowest BCUT2D eigenvalue weighted by Gasteiger charge is -2.56. The van der Waals surface area contributed by atoms with Crippen LogP contribution in [0.3, 0.4) is 0 Å². The Morgan fingerprint density at radius 1 is 1.08 bits per heavy atom. The summed E-state index contributed by atoms with van der Waals surface area (Å²) in [5.41, 5.74) is 0.626. The quantitative estimate of drug-likeness (QED) is 0.794. The van der Waals surface area contributed by atoms with E-state index < -0.39 is 5.97 Å². The van der Waals surface area contributed by atoms with Crippen LogP contribution in [0.4, 0.5) is 0 Å². The van der Waals surface area contributed by atoms with Gasteiger partial charge < -0.3 is 14.8 Å². The fourth-order valence-corrected chi connectivity index (χ4v) is 5.87. The van der Waals surface area contributed by atoms with Crippen molar-refractivity contribution in [2.75, 3.05) is 20.3 Å². The second kappa shape index (κ2) is 6.93. The van der Waals surface area contributed by atoms with Crippen LogP contribution in [0.2, 0.25) is 0 Å². The molecule has 0 saturated heterocycles. The smallest absolute Gasteiger partial charge is 0.342 e. The molecule has 5 nitrogen and oxygen atoms in total. The van der Waals surface area contributed by atoms with Gasteiger partial charge in [-0.05, 0) is 73.8 Å². The van der Waals surface area contributed by atoms with Crippen molar-refractivity contribution in [1.29, 1.82) is 0 Å². The van der Waals surface area contributed by atoms with Crippen molar-refractivity contribution in [3.05, 3.63) is 29.8 Å². The van der Waals surface area contributed by atoms with Crippen LogP contribution in [-0.4, -0.2) is 32.1 Å². The van der Waals surface area contributed by atoms with E-state index in [1.54, 1.807) is 24.3 Å². The summed E-state index contributed by atoms with van der Waals surface area (Å²) in [5.74, 6) is 2.28. The molecule has 0 spiro atoms. The molecule has 1 N–H and O–H groups in total. The second-order valence-electron chi connectivity index (χ2n) is 8.47. The Kier molecular flexibility index (Phi) is 4.63. The summed E-state index contributed by atoms with van der Waals surface area (Å²) >= 11 is 0. The van der Waals surface area contributed by atoms with Gasteiger partial charge in [0.2, 0.25) is 0 Å². The van der Waals surface area contributed by atoms with Crippen molar-refractivity contribution < 1.29 is 19.1 Å². The Morgan fingerprint density at radius 3 is 2.31 bits per heavy atom. The number of esters is 1. The van der Waals surface area contributed by atoms with Gasteiger partial charge >= 0.3 is 5.97 Å². The largest absolute Gasteiger partial charge is 0.496 e. The van der Waals surface area contributed by atoms with E-state index in [4.69, 9.17) is 9.47 Å². The predicted octanol–water partition coefficient (Wildman–Crippen LogP) is 3.18. The molecule has 4 saturated carbocycles. The topological polar surface area (TPSA) is 64.6 Å². The molecule has 0 aromatic heterocycles. The summed E-state index contributed by atoms with van der Waals surface area (Å²) in [6, 6.07) is 6.86. The van der Waals surface area contributed by atoms with Crippen LogP contribution in [0.15, 0.2) is 24.3 Å². The third-order valence-electron chi connectivity index (χ3n) is 6.49. The first-order chi connectivity index (χ1) is 12.6. The lowest BCUT2D eigenvalue weighted by atomic mass is 9.49. The van der Waals surface area contributed by atoms with Gasteiger partial charge in [-0.1, -0.05) is 12.1 Å². The van der Waals surface area contributed by atoms with Gasteiger partial charge in [-0.25, -0.2) is 4.79 Å². The molecule has 1 amide bonds. The van der Waals surface area contributed by atoms with Gasteiger partial charge in [0, 0.05) is 6.54 Å². The number of carbonyl (C=O) groups excluding carboxylic acids is 2. The second-order valence-corrected chi connectivity index (χ2v) is 8.47. The highest BCUT2D eigenvalue weighted by Crippen LogP contribution is 2.59. The summed E-state index contributed by atoms with van der Waals surface area (Å²) in [7, 11) is 1.50. The number of rotatable bonds is 6. The number of hydrogen-bond donors (Lipinski definition) is 1. The Morgan fingerprint density at radius 2 is 1.69 bits per heavy atom. The van der Waals surface area contributed by atoms with Gasteiger partial charge in [0.05, 0.1) is 7.11 Å². The molecular weight excluding hydrogens is 330 g/mol. The maximum Gasteiger partial charge on any atom is 0.342 e. The molecule has 5 rings (SSSR count). The summed E-state index contributed by atoms with van der Waals surface area (Å²) in [4.78, 5) is 24.4. The van der Waals surface area contributed by atoms with E-state index >= 15 is 0 Å². The summed E-state index contributed by atoms with van der Waals surface area (Å²) in [6.07, 6.45) is 7.93. The molecule has 0 radical (unpaired) electrons. The molecule has 1 aromatic carbocycles. The van der Waals surface area contributed by atoms with E-state index in [2.05, 4.69) is 5.32 Å². The minimum absolute atomic E-state index is 0.219. The van der Waals surface area contributed by atoms with Gasteiger partial charge in [-0.3, -0.25) is 4.79 Å². The van der Waals surface area contributed by atoms with E-state index in [0.29, 0.717) is 11.3 Å². The highest BCUT2D eigenvalue weighted by molar-refractivity contribution is 5.93. The molecule has 5 heteroatoms. The Hall–Kier alpha value is -2.04. The third kappa shape index (κ3) is 3.44. The van der Waals surface area contributed by atoms with E-state index in [1.807, 2.05) is 0 Å². The van der Waals surface area contributed by atoms with Crippen molar-refractivity contribution in [1.82, 2.24) is 5.32 Å². The van der Waals surface area contributed by atoms with Gasteiger partial charge in [0.25, 0.3) is 5.91 Å². The zero-order valence-electron chi connectivity index (χ0n) is 15.3. The van der Waals surface area contributed by atoms with Crippen LogP contribution in [-0.2, 0) is 9.53 Å². The van der Waals surface area contributed by atoms with Gasteiger partial charge in [0.15, 0.2) is 6.61 Å². The molecule has 0 aliphatic heterocycles. The predicted molar refractivity (Wildman–Crippen MR) is 96.9 cm³/mol. The van der Waals surface area contributed by atoms with Crippen LogP contribution >= 0.6 is 0 Å². The molecule has 0 unspecified atom stereocenters. The van der Waals surface area contributed by atoms with E-state index in [1.165, 1.54) is 45.6 Å². The average molecular weight is 357 g/mol. The van der Waals surface area contributed by atoms with Gasteiger partial charge in [-0.15, -0.1) is 0 Å². The third-order valence-corrected chi connectivity index (χ3v) is 6.49. The molecule has 4 aliphatic rings. The van der Waals surface area contributed by atoms with E-state index in [-0.39, 0.29) is 17.9 Å². The fraction of sp³-hybridized carbons (Fsp3) is 0.619. The average Bonchev–Trinajstić information content (AvgIpc) is 2.63. The Labute approximate surface area is 154 Å². The number of hydrogen-bond acceptors (Lipinski definition) is 4. The van der Waals surface area contributed by atoms with Crippen molar-refractivity contribution in [2.45, 2.75) is 38.5 Å². The van der Waals surface area contributed by atoms with Gasteiger partial charge in [-0.2, -0.15) is 0 Å². The number of ether oxygens (including phenoxy) is 2. The molecule has 4 aliphatic carbocycles. The Bertz CT molecular complexity index is 664. The highest BCUT2D eigenvalue weighted by atomic mass is 16.5. The first kappa shape index (κ1) is 17.4. The molecule has 4 fully saturated rings. The van der Waals surface area contributed by atoms with E-state index in [0.717, 1.165) is 24.3 Å². The SMILES string of the molecule is COc1ccccc1C(=O)OCC(=O)NCC12CC3CC(CC(C3)C1)C2. The maximum absolute atomic E-state index is 12.2. The van der Waals surface area contributed by atoms with Crippen LogP contribution in [0.1, 0.15) is 48.9 Å². The van der Waals surface area contributed by atoms with Crippen LogP contribution < -0.4 is 10.1 Å².